The summed E-state index contributed by atoms with van der Waals surface area (Å²) in [5, 5.41) is 18.2. The molecule has 0 aliphatic rings. The summed E-state index contributed by atoms with van der Waals surface area (Å²) in [7, 11) is 0. The van der Waals surface area contributed by atoms with E-state index in [9.17, 15) is 25.0 Å². The van der Waals surface area contributed by atoms with Gasteiger partial charge < -0.3 is 14.4 Å². The predicted molar refractivity (Wildman–Crippen MR) is 69.1 cm³/mol. The van der Waals surface area contributed by atoms with Crippen molar-refractivity contribution in [2.75, 3.05) is 6.61 Å². The zero-order valence-electron chi connectivity index (χ0n) is 12.2. The third-order valence-corrected chi connectivity index (χ3v) is 2.76. The SMILES string of the molecule is CC(C)C(C)OC(=O)CCC[C@H](CO[N+](=O)[O-])O[N+](=O)[O-]. The summed E-state index contributed by atoms with van der Waals surface area (Å²) in [6, 6.07) is 0. The Labute approximate surface area is 121 Å². The maximum Gasteiger partial charge on any atom is 0.306 e. The van der Waals surface area contributed by atoms with Crippen molar-refractivity contribution in [1.29, 1.82) is 0 Å². The molecule has 10 heteroatoms. The second-order valence-corrected chi connectivity index (χ2v) is 4.80. The van der Waals surface area contributed by atoms with Gasteiger partial charge in [0.2, 0.25) is 0 Å². The summed E-state index contributed by atoms with van der Waals surface area (Å²) in [5.41, 5.74) is 0. The lowest BCUT2D eigenvalue weighted by atomic mass is 10.1. The fraction of sp³-hybridized carbons (Fsp3) is 0.909. The van der Waals surface area contributed by atoms with Crippen molar-refractivity contribution in [3.05, 3.63) is 20.2 Å². The second-order valence-electron chi connectivity index (χ2n) is 4.80. The van der Waals surface area contributed by atoms with Gasteiger partial charge in [-0.15, -0.1) is 20.2 Å². The lowest BCUT2D eigenvalue weighted by Gasteiger charge is -2.17. The minimum atomic E-state index is -1.10. The Morgan fingerprint density at radius 1 is 1.14 bits per heavy atom. The Hall–Kier alpha value is -2.13. The van der Waals surface area contributed by atoms with E-state index in [4.69, 9.17) is 4.74 Å². The maximum atomic E-state index is 11.5. The van der Waals surface area contributed by atoms with Gasteiger partial charge >= 0.3 is 5.97 Å². The summed E-state index contributed by atoms with van der Waals surface area (Å²) in [4.78, 5) is 40.0. The molecule has 0 radical (unpaired) electrons. The standard InChI is InChI=1S/C11H20N2O8/c1-8(2)9(3)20-11(14)6-4-5-10(21-13(17)18)7-19-12(15)16/h8-10H,4-7H2,1-3H3/t9?,10-/m1/s1. The normalized spacial score (nSPS) is 13.3. The van der Waals surface area contributed by atoms with Crippen molar-refractivity contribution in [2.45, 2.75) is 52.2 Å². The number of esters is 1. The molecule has 0 aromatic carbocycles. The second kappa shape index (κ2) is 9.72. The average Bonchev–Trinajstić information content (AvgIpc) is 2.34. The van der Waals surface area contributed by atoms with E-state index >= 15 is 0 Å². The van der Waals surface area contributed by atoms with Crippen LogP contribution in [0.1, 0.15) is 40.0 Å². The van der Waals surface area contributed by atoms with Crippen LogP contribution in [-0.4, -0.2) is 35.0 Å². The number of hydrogen-bond donors (Lipinski definition) is 0. The van der Waals surface area contributed by atoms with Crippen molar-refractivity contribution < 1.29 is 29.4 Å². The Morgan fingerprint density at radius 3 is 2.24 bits per heavy atom. The lowest BCUT2D eigenvalue weighted by Crippen LogP contribution is -2.25. The third-order valence-electron chi connectivity index (χ3n) is 2.76. The molecular weight excluding hydrogens is 288 g/mol. The number of carbonyl (C=O) groups excluding carboxylic acids is 1. The van der Waals surface area contributed by atoms with Crippen molar-refractivity contribution in [3.8, 4) is 0 Å². The summed E-state index contributed by atoms with van der Waals surface area (Å²) >= 11 is 0. The molecule has 10 nitrogen and oxygen atoms in total. The molecule has 0 saturated carbocycles. The molecule has 122 valence electrons. The van der Waals surface area contributed by atoms with Gasteiger partial charge in [0.1, 0.15) is 18.8 Å². The van der Waals surface area contributed by atoms with Gasteiger partial charge in [0.25, 0.3) is 10.2 Å². The summed E-state index contributed by atoms with van der Waals surface area (Å²) < 4.78 is 5.12. The van der Waals surface area contributed by atoms with Crippen molar-refractivity contribution >= 4 is 5.97 Å². The molecule has 0 amide bonds. The first-order valence-corrected chi connectivity index (χ1v) is 6.50. The van der Waals surface area contributed by atoms with Gasteiger partial charge in [-0.25, -0.2) is 0 Å². The van der Waals surface area contributed by atoms with Gasteiger partial charge in [0, 0.05) is 6.42 Å². The number of hydrogen-bond acceptors (Lipinski definition) is 8. The first kappa shape index (κ1) is 18.9. The Morgan fingerprint density at radius 2 is 1.76 bits per heavy atom. The zero-order valence-corrected chi connectivity index (χ0v) is 12.2. The molecule has 2 atom stereocenters. The minimum Gasteiger partial charge on any atom is -0.462 e. The fourth-order valence-electron chi connectivity index (χ4n) is 1.31. The molecule has 1 unspecified atom stereocenters. The molecule has 0 fully saturated rings. The van der Waals surface area contributed by atoms with Crippen LogP contribution >= 0.6 is 0 Å². The number of nitrogens with zero attached hydrogens (tertiary/aromatic N) is 2. The fourth-order valence-corrected chi connectivity index (χ4v) is 1.31. The highest BCUT2D eigenvalue weighted by molar-refractivity contribution is 5.69. The molecule has 0 aromatic heterocycles. The Kier molecular flexibility index (Phi) is 8.74. The van der Waals surface area contributed by atoms with E-state index < -0.39 is 28.9 Å². The number of ether oxygens (including phenoxy) is 1. The molecule has 21 heavy (non-hydrogen) atoms. The molecule has 0 bridgehead atoms. The van der Waals surface area contributed by atoms with Crippen molar-refractivity contribution in [1.82, 2.24) is 0 Å². The van der Waals surface area contributed by atoms with Crippen molar-refractivity contribution in [2.24, 2.45) is 5.92 Å². The number of carbonyl (C=O) groups is 1. The molecule has 0 N–H and O–H groups in total. The van der Waals surface area contributed by atoms with Gasteiger partial charge in [-0.2, -0.15) is 0 Å². The largest absolute Gasteiger partial charge is 0.462 e. The van der Waals surface area contributed by atoms with E-state index in [1.165, 1.54) is 0 Å². The van der Waals surface area contributed by atoms with Crippen LogP contribution in [0.15, 0.2) is 0 Å². The predicted octanol–water partition coefficient (Wildman–Crippen LogP) is 1.53. The van der Waals surface area contributed by atoms with Crippen LogP contribution in [0.3, 0.4) is 0 Å². The van der Waals surface area contributed by atoms with Crippen LogP contribution < -0.4 is 0 Å². The smallest absolute Gasteiger partial charge is 0.306 e. The molecule has 0 aliphatic carbocycles. The van der Waals surface area contributed by atoms with Crippen molar-refractivity contribution in [3.63, 3.8) is 0 Å². The maximum absolute atomic E-state index is 11.5. The topological polar surface area (TPSA) is 131 Å². The molecule has 0 spiro atoms. The first-order valence-electron chi connectivity index (χ1n) is 6.50. The van der Waals surface area contributed by atoms with Gasteiger partial charge in [0.05, 0.1) is 0 Å². The lowest BCUT2D eigenvalue weighted by molar-refractivity contribution is -0.790. The van der Waals surface area contributed by atoms with Crippen LogP contribution in [0.4, 0.5) is 0 Å². The van der Waals surface area contributed by atoms with E-state index in [-0.39, 0.29) is 31.3 Å². The van der Waals surface area contributed by atoms with E-state index in [0.29, 0.717) is 0 Å². The van der Waals surface area contributed by atoms with Crippen LogP contribution in [0, 0.1) is 26.1 Å². The number of rotatable bonds is 11. The Balaban J connectivity index is 4.08. The monoisotopic (exact) mass is 308 g/mol. The van der Waals surface area contributed by atoms with Crippen LogP contribution in [0.5, 0.6) is 0 Å². The zero-order chi connectivity index (χ0) is 16.4. The van der Waals surface area contributed by atoms with Crippen LogP contribution in [0.25, 0.3) is 0 Å². The van der Waals surface area contributed by atoms with Gasteiger partial charge in [-0.05, 0) is 25.7 Å². The highest BCUT2D eigenvalue weighted by atomic mass is 17.0. The van der Waals surface area contributed by atoms with E-state index in [1.54, 1.807) is 6.92 Å². The first-order chi connectivity index (χ1) is 9.72. The van der Waals surface area contributed by atoms with Gasteiger partial charge in [-0.1, -0.05) is 13.8 Å². The highest BCUT2D eigenvalue weighted by Crippen LogP contribution is 2.10. The summed E-state index contributed by atoms with van der Waals surface area (Å²) in [6.07, 6.45) is -0.960. The molecule has 0 aromatic rings. The van der Waals surface area contributed by atoms with E-state index in [0.717, 1.165) is 0 Å². The quantitative estimate of drug-likeness (QED) is 0.319. The third kappa shape index (κ3) is 10.3. The minimum absolute atomic E-state index is 0.0487. The molecule has 0 saturated heterocycles. The molecule has 0 heterocycles. The Bertz CT molecular complexity index is 360. The van der Waals surface area contributed by atoms with E-state index in [2.05, 4.69) is 9.68 Å². The molecule has 0 aliphatic heterocycles. The average molecular weight is 308 g/mol. The molecule has 0 rings (SSSR count). The molecular formula is C11H20N2O8. The van der Waals surface area contributed by atoms with E-state index in [1.807, 2.05) is 13.8 Å². The highest BCUT2D eigenvalue weighted by Gasteiger charge is 2.17. The van der Waals surface area contributed by atoms with Gasteiger partial charge in [0.15, 0.2) is 0 Å². The van der Waals surface area contributed by atoms with Gasteiger partial charge in [-0.3, -0.25) is 4.79 Å². The summed E-state index contributed by atoms with van der Waals surface area (Å²) in [6.45, 7) is 5.03. The summed E-state index contributed by atoms with van der Waals surface area (Å²) in [5.74, 6) is -0.237. The van der Waals surface area contributed by atoms with Crippen LogP contribution in [-0.2, 0) is 19.2 Å². The van der Waals surface area contributed by atoms with Crippen LogP contribution in [0.2, 0.25) is 0 Å².